The van der Waals surface area contributed by atoms with Gasteiger partial charge in [-0.05, 0) is 30.3 Å². The molecule has 0 aromatic heterocycles. The molecule has 0 radical (unpaired) electrons. The molecule has 10 heteroatoms. The van der Waals surface area contributed by atoms with Crippen molar-refractivity contribution in [2.24, 2.45) is 0 Å². The first kappa shape index (κ1) is 22.2. The number of nitro groups is 1. The van der Waals surface area contributed by atoms with Crippen molar-refractivity contribution in [3.05, 3.63) is 100 Å². The van der Waals surface area contributed by atoms with Crippen LogP contribution in [0.1, 0.15) is 5.56 Å². The molecule has 1 N–H and O–H groups in total. The summed E-state index contributed by atoms with van der Waals surface area (Å²) in [6.45, 7) is 0. The molecule has 0 spiro atoms. The molecular formula is C22H15N3O6S. The Kier molecular flexibility index (Phi) is 6.62. The van der Waals surface area contributed by atoms with Crippen LogP contribution in [0.4, 0.5) is 11.4 Å². The standard InChI is InChI=1S/C22H15N3O6S/c23-15-17(22(26)24-18-8-2-1-3-9-18)13-16-7-4-5-12-21(16)31-32(29,30)20-11-6-10-19(14-20)25(27)28/h1-14H,(H,24,26)/b17-13+. The number of nitriles is 1. The molecule has 160 valence electrons. The predicted octanol–water partition coefficient (Wildman–Crippen LogP) is 3.91. The first-order valence-electron chi connectivity index (χ1n) is 9.06. The van der Waals surface area contributed by atoms with Crippen molar-refractivity contribution in [1.82, 2.24) is 0 Å². The molecule has 3 aromatic carbocycles. The largest absolute Gasteiger partial charge is 0.378 e. The zero-order valence-electron chi connectivity index (χ0n) is 16.3. The molecule has 3 rings (SSSR count). The van der Waals surface area contributed by atoms with Crippen LogP contribution in [0.2, 0.25) is 0 Å². The van der Waals surface area contributed by atoms with Crippen molar-refractivity contribution >= 4 is 33.5 Å². The van der Waals surface area contributed by atoms with Gasteiger partial charge < -0.3 is 9.50 Å². The molecule has 0 saturated carbocycles. The van der Waals surface area contributed by atoms with Gasteiger partial charge in [-0.1, -0.05) is 42.5 Å². The van der Waals surface area contributed by atoms with Gasteiger partial charge in [-0.25, -0.2) is 0 Å². The SMILES string of the molecule is N#C/C(=C\c1ccccc1OS(=O)(=O)c1cccc([N+](=O)[O-])c1)C(=O)Nc1ccccc1. The molecule has 3 aromatic rings. The maximum Gasteiger partial charge on any atom is 0.339 e. The van der Waals surface area contributed by atoms with E-state index in [9.17, 15) is 28.6 Å². The fourth-order valence-corrected chi connectivity index (χ4v) is 3.61. The summed E-state index contributed by atoms with van der Waals surface area (Å²) in [7, 11) is -4.42. The summed E-state index contributed by atoms with van der Waals surface area (Å²) in [5.74, 6) is -0.839. The van der Waals surface area contributed by atoms with Gasteiger partial charge in [0.1, 0.15) is 22.3 Å². The number of nitrogens with zero attached hydrogens (tertiary/aromatic N) is 2. The third-order valence-electron chi connectivity index (χ3n) is 4.13. The highest BCUT2D eigenvalue weighted by Crippen LogP contribution is 2.26. The number of carbonyl (C=O) groups is 1. The van der Waals surface area contributed by atoms with Crippen LogP contribution in [0.5, 0.6) is 5.75 Å². The van der Waals surface area contributed by atoms with Gasteiger partial charge in [-0.15, -0.1) is 0 Å². The van der Waals surface area contributed by atoms with Crippen molar-refractivity contribution in [3.63, 3.8) is 0 Å². The van der Waals surface area contributed by atoms with E-state index in [1.165, 1.54) is 30.3 Å². The Morgan fingerprint density at radius 2 is 1.72 bits per heavy atom. The lowest BCUT2D eigenvalue weighted by Crippen LogP contribution is -2.14. The van der Waals surface area contributed by atoms with Crippen LogP contribution in [0.25, 0.3) is 6.08 Å². The Morgan fingerprint density at radius 3 is 2.41 bits per heavy atom. The van der Waals surface area contributed by atoms with E-state index in [4.69, 9.17) is 4.18 Å². The number of benzene rings is 3. The molecular weight excluding hydrogens is 434 g/mol. The van der Waals surface area contributed by atoms with Crippen molar-refractivity contribution in [2.45, 2.75) is 4.90 Å². The minimum atomic E-state index is -4.42. The van der Waals surface area contributed by atoms with Crippen LogP contribution in [0.15, 0.2) is 89.3 Å². The van der Waals surface area contributed by atoms with E-state index in [0.29, 0.717) is 5.69 Å². The molecule has 0 aliphatic rings. The normalized spacial score (nSPS) is 11.3. The maximum atomic E-state index is 12.6. The number of anilines is 1. The number of amides is 1. The number of hydrogen-bond acceptors (Lipinski definition) is 7. The van der Waals surface area contributed by atoms with Gasteiger partial charge in [0.25, 0.3) is 11.6 Å². The minimum absolute atomic E-state index is 0.153. The average molecular weight is 449 g/mol. The van der Waals surface area contributed by atoms with Crippen LogP contribution in [-0.4, -0.2) is 19.2 Å². The fourth-order valence-electron chi connectivity index (χ4n) is 2.62. The summed E-state index contributed by atoms with van der Waals surface area (Å²) in [6, 6.07) is 20.6. The van der Waals surface area contributed by atoms with Crippen LogP contribution in [-0.2, 0) is 14.9 Å². The number of rotatable bonds is 7. The van der Waals surface area contributed by atoms with Crippen molar-refractivity contribution < 1.29 is 22.3 Å². The lowest BCUT2D eigenvalue weighted by Gasteiger charge is -2.10. The van der Waals surface area contributed by atoms with Gasteiger partial charge in [0, 0.05) is 23.4 Å². The molecule has 0 aliphatic carbocycles. The van der Waals surface area contributed by atoms with Gasteiger partial charge in [-0.3, -0.25) is 14.9 Å². The maximum absolute atomic E-state index is 12.6. The second-order valence-electron chi connectivity index (χ2n) is 6.32. The Morgan fingerprint density at radius 1 is 1.03 bits per heavy atom. The first-order chi connectivity index (χ1) is 15.3. The monoisotopic (exact) mass is 449 g/mol. The summed E-state index contributed by atoms with van der Waals surface area (Å²) >= 11 is 0. The van der Waals surface area contributed by atoms with E-state index in [0.717, 1.165) is 18.2 Å². The lowest BCUT2D eigenvalue weighted by molar-refractivity contribution is -0.385. The summed E-state index contributed by atoms with van der Waals surface area (Å²) in [6.07, 6.45) is 1.19. The zero-order valence-corrected chi connectivity index (χ0v) is 17.2. The topological polar surface area (TPSA) is 139 Å². The van der Waals surface area contributed by atoms with Gasteiger partial charge in [0.2, 0.25) is 0 Å². The number of nitrogens with one attached hydrogen (secondary N) is 1. The number of para-hydroxylation sites is 2. The second kappa shape index (κ2) is 9.55. The zero-order chi connectivity index (χ0) is 23.1. The van der Waals surface area contributed by atoms with Crippen LogP contribution < -0.4 is 9.50 Å². The third-order valence-corrected chi connectivity index (χ3v) is 5.36. The first-order valence-corrected chi connectivity index (χ1v) is 10.5. The highest BCUT2D eigenvalue weighted by molar-refractivity contribution is 7.87. The van der Waals surface area contributed by atoms with E-state index >= 15 is 0 Å². The van der Waals surface area contributed by atoms with Crippen molar-refractivity contribution in [1.29, 1.82) is 5.26 Å². The van der Waals surface area contributed by atoms with Gasteiger partial charge in [-0.2, -0.15) is 13.7 Å². The highest BCUT2D eigenvalue weighted by Gasteiger charge is 2.21. The molecule has 0 aliphatic heterocycles. The van der Waals surface area contributed by atoms with Crippen molar-refractivity contribution in [3.8, 4) is 11.8 Å². The average Bonchev–Trinajstić information content (AvgIpc) is 2.79. The summed E-state index contributed by atoms with van der Waals surface area (Å²) < 4.78 is 30.5. The van der Waals surface area contributed by atoms with Gasteiger partial charge in [0.05, 0.1) is 4.92 Å². The Labute approximate surface area is 183 Å². The third kappa shape index (κ3) is 5.35. The number of non-ortho nitro benzene ring substituents is 1. The smallest absolute Gasteiger partial charge is 0.339 e. The van der Waals surface area contributed by atoms with Crippen LogP contribution in [0.3, 0.4) is 0 Å². The molecule has 0 unspecified atom stereocenters. The molecule has 0 atom stereocenters. The van der Waals surface area contributed by atoms with E-state index < -0.39 is 31.5 Å². The van der Waals surface area contributed by atoms with Crippen LogP contribution in [0, 0.1) is 21.4 Å². The van der Waals surface area contributed by atoms with E-state index in [1.807, 2.05) is 0 Å². The molecule has 1 amide bonds. The predicted molar refractivity (Wildman–Crippen MR) is 116 cm³/mol. The number of carbonyl (C=O) groups excluding carboxylic acids is 1. The Hall–Kier alpha value is -4.49. The molecule has 32 heavy (non-hydrogen) atoms. The van der Waals surface area contributed by atoms with E-state index in [1.54, 1.807) is 42.5 Å². The van der Waals surface area contributed by atoms with E-state index in [-0.39, 0.29) is 16.9 Å². The summed E-state index contributed by atoms with van der Waals surface area (Å²) in [5.41, 5.74) is -0.0532. The molecule has 0 bridgehead atoms. The second-order valence-corrected chi connectivity index (χ2v) is 7.87. The minimum Gasteiger partial charge on any atom is -0.378 e. The number of nitro benzene ring substituents is 1. The quantitative estimate of drug-likeness (QED) is 0.190. The van der Waals surface area contributed by atoms with Gasteiger partial charge >= 0.3 is 10.1 Å². The van der Waals surface area contributed by atoms with Crippen molar-refractivity contribution in [2.75, 3.05) is 5.32 Å². The number of hydrogen-bond donors (Lipinski definition) is 1. The lowest BCUT2D eigenvalue weighted by atomic mass is 10.1. The highest BCUT2D eigenvalue weighted by atomic mass is 32.2. The molecule has 0 saturated heterocycles. The molecule has 0 fully saturated rings. The fraction of sp³-hybridized carbons (Fsp3) is 0. The Bertz CT molecular complexity index is 1350. The summed E-state index contributed by atoms with van der Waals surface area (Å²) in [4.78, 5) is 22.2. The summed E-state index contributed by atoms with van der Waals surface area (Å²) in [5, 5.41) is 22.9. The van der Waals surface area contributed by atoms with Gasteiger partial charge in [0.15, 0.2) is 0 Å². The van der Waals surface area contributed by atoms with Crippen LogP contribution >= 0.6 is 0 Å². The Balaban J connectivity index is 1.91. The molecule has 0 heterocycles. The molecule has 9 nitrogen and oxygen atoms in total. The van der Waals surface area contributed by atoms with E-state index in [2.05, 4.69) is 5.32 Å².